The second kappa shape index (κ2) is 8.33. The summed E-state index contributed by atoms with van der Waals surface area (Å²) in [6.07, 6.45) is 1.72. The van der Waals surface area contributed by atoms with Crippen LogP contribution in [0.2, 0.25) is 0 Å². The van der Waals surface area contributed by atoms with Gasteiger partial charge in [-0.25, -0.2) is 0 Å². The van der Waals surface area contributed by atoms with Crippen LogP contribution >= 0.6 is 11.3 Å². The first-order valence-electron chi connectivity index (χ1n) is 10.3. The molecule has 5 rings (SSSR count). The predicted octanol–water partition coefficient (Wildman–Crippen LogP) is 5.04. The quantitative estimate of drug-likeness (QED) is 0.509. The van der Waals surface area contributed by atoms with Crippen LogP contribution in [0.5, 0.6) is 23.0 Å². The second-order valence-electron chi connectivity index (χ2n) is 7.76. The zero-order valence-electron chi connectivity index (χ0n) is 18.1. The molecular formula is C25H23NO5S. The molecule has 2 aromatic carbocycles. The Bertz CT molecular complexity index is 1220. The van der Waals surface area contributed by atoms with Crippen LogP contribution in [-0.2, 0) is 13.1 Å². The number of Topliss-reactive ketones (excluding diaryl/α,β-unsaturated/α-hetero) is 1. The molecule has 0 saturated carbocycles. The van der Waals surface area contributed by atoms with Gasteiger partial charge in [0.25, 0.3) is 0 Å². The molecule has 164 valence electrons. The Morgan fingerprint density at radius 1 is 1.19 bits per heavy atom. The number of hydrogen-bond acceptors (Lipinski definition) is 7. The van der Waals surface area contributed by atoms with E-state index in [-0.39, 0.29) is 11.5 Å². The number of ether oxygens (including phenoxy) is 4. The molecule has 0 radical (unpaired) electrons. The van der Waals surface area contributed by atoms with Crippen molar-refractivity contribution >= 4 is 23.2 Å². The molecule has 0 fully saturated rings. The normalized spacial score (nSPS) is 16.3. The standard InChI is InChI=1S/C25H23NO5S/c1-15-9-21-19(13-26(14-30-21)12-18-5-4-8-32-18)25-23(15)24(27)22(31-25)10-16-6-7-17(28-2)11-20(16)29-3/h4-11H,12-14H2,1-3H3/b22-10-. The molecule has 6 nitrogen and oxygen atoms in total. The summed E-state index contributed by atoms with van der Waals surface area (Å²) in [5.74, 6) is 2.80. The monoisotopic (exact) mass is 449 g/mol. The number of carbonyl (C=O) groups excluding carboxylic acids is 1. The predicted molar refractivity (Wildman–Crippen MR) is 123 cm³/mol. The Morgan fingerprint density at radius 2 is 2.06 bits per heavy atom. The van der Waals surface area contributed by atoms with Gasteiger partial charge in [0.15, 0.2) is 5.76 Å². The number of fused-ring (bicyclic) bond motifs is 3. The van der Waals surface area contributed by atoms with Crippen molar-refractivity contribution in [3.8, 4) is 23.0 Å². The fraction of sp³-hybridized carbons (Fsp3) is 0.240. The van der Waals surface area contributed by atoms with Crippen molar-refractivity contribution in [2.24, 2.45) is 0 Å². The van der Waals surface area contributed by atoms with E-state index in [1.807, 2.05) is 31.2 Å². The molecule has 7 heteroatoms. The van der Waals surface area contributed by atoms with Gasteiger partial charge in [0.05, 0.1) is 25.3 Å². The van der Waals surface area contributed by atoms with E-state index in [0.29, 0.717) is 36.1 Å². The highest BCUT2D eigenvalue weighted by molar-refractivity contribution is 7.09. The molecule has 0 atom stereocenters. The minimum Gasteiger partial charge on any atom is -0.497 e. The topological polar surface area (TPSA) is 57.2 Å². The molecule has 0 spiro atoms. The van der Waals surface area contributed by atoms with Crippen LogP contribution in [0.15, 0.2) is 47.5 Å². The van der Waals surface area contributed by atoms with Crippen LogP contribution in [-0.4, -0.2) is 31.6 Å². The molecule has 2 aliphatic heterocycles. The minimum atomic E-state index is -0.131. The van der Waals surface area contributed by atoms with Gasteiger partial charge < -0.3 is 18.9 Å². The van der Waals surface area contributed by atoms with Gasteiger partial charge in [0.2, 0.25) is 5.78 Å². The molecule has 0 aliphatic carbocycles. The van der Waals surface area contributed by atoms with Gasteiger partial charge >= 0.3 is 0 Å². The van der Waals surface area contributed by atoms with Crippen LogP contribution < -0.4 is 18.9 Å². The zero-order valence-corrected chi connectivity index (χ0v) is 19.0. The first-order valence-corrected chi connectivity index (χ1v) is 11.2. The Morgan fingerprint density at radius 3 is 2.81 bits per heavy atom. The number of hydrogen-bond donors (Lipinski definition) is 0. The smallest absolute Gasteiger partial charge is 0.232 e. The largest absolute Gasteiger partial charge is 0.497 e. The lowest BCUT2D eigenvalue weighted by molar-refractivity contribution is 0.0881. The van der Waals surface area contributed by atoms with Gasteiger partial charge in [-0.1, -0.05) is 6.07 Å². The maximum Gasteiger partial charge on any atom is 0.232 e. The lowest BCUT2D eigenvalue weighted by Crippen LogP contribution is -2.31. The van der Waals surface area contributed by atoms with Gasteiger partial charge in [-0.15, -0.1) is 11.3 Å². The third kappa shape index (κ3) is 3.63. The van der Waals surface area contributed by atoms with E-state index in [1.165, 1.54) is 4.88 Å². The molecule has 32 heavy (non-hydrogen) atoms. The summed E-state index contributed by atoms with van der Waals surface area (Å²) < 4.78 is 22.9. The lowest BCUT2D eigenvalue weighted by atomic mass is 9.98. The number of benzene rings is 2. The Labute approximate surface area is 190 Å². The second-order valence-corrected chi connectivity index (χ2v) is 8.79. The van der Waals surface area contributed by atoms with E-state index >= 15 is 0 Å². The number of thiophene rings is 1. The highest BCUT2D eigenvalue weighted by Gasteiger charge is 2.35. The van der Waals surface area contributed by atoms with E-state index in [9.17, 15) is 4.79 Å². The number of ketones is 1. The number of methoxy groups -OCH3 is 2. The van der Waals surface area contributed by atoms with Crippen LogP contribution in [0.3, 0.4) is 0 Å². The summed E-state index contributed by atoms with van der Waals surface area (Å²) in [5.41, 5.74) is 3.10. The number of carbonyl (C=O) groups is 1. The van der Waals surface area contributed by atoms with Crippen LogP contribution in [0, 0.1) is 6.92 Å². The van der Waals surface area contributed by atoms with Crippen LogP contribution in [0.4, 0.5) is 0 Å². The first-order chi connectivity index (χ1) is 15.6. The number of nitrogens with zero attached hydrogens (tertiary/aromatic N) is 1. The maximum atomic E-state index is 13.3. The highest BCUT2D eigenvalue weighted by Crippen LogP contribution is 2.44. The Hall–Kier alpha value is -3.29. The molecule has 0 amide bonds. The van der Waals surface area contributed by atoms with Gasteiger partial charge in [-0.05, 0) is 48.2 Å². The summed E-state index contributed by atoms with van der Waals surface area (Å²) in [6, 6.07) is 11.6. The van der Waals surface area contributed by atoms with Crippen molar-refractivity contribution in [3.63, 3.8) is 0 Å². The SMILES string of the molecule is COc1ccc(/C=C2\Oc3c4c(cc(C)c3C2=O)OCN(Cc2cccs2)C4)c(OC)c1. The average Bonchev–Trinajstić information content (AvgIpc) is 3.43. The van der Waals surface area contributed by atoms with E-state index in [0.717, 1.165) is 29.0 Å². The lowest BCUT2D eigenvalue weighted by Gasteiger charge is -2.29. The first kappa shape index (κ1) is 20.6. The fourth-order valence-corrected chi connectivity index (χ4v) is 4.83. The summed E-state index contributed by atoms with van der Waals surface area (Å²) in [7, 11) is 3.19. The number of rotatable bonds is 5. The molecule has 3 aromatic rings. The summed E-state index contributed by atoms with van der Waals surface area (Å²) in [5, 5.41) is 2.07. The zero-order chi connectivity index (χ0) is 22.2. The molecule has 0 saturated heterocycles. The average molecular weight is 450 g/mol. The molecule has 0 bridgehead atoms. The van der Waals surface area contributed by atoms with Crippen molar-refractivity contribution in [1.82, 2.24) is 4.90 Å². The van der Waals surface area contributed by atoms with Crippen molar-refractivity contribution in [1.29, 1.82) is 0 Å². The molecule has 2 aliphatic rings. The van der Waals surface area contributed by atoms with E-state index in [4.69, 9.17) is 18.9 Å². The molecule has 0 unspecified atom stereocenters. The third-order valence-electron chi connectivity index (χ3n) is 5.67. The van der Waals surface area contributed by atoms with Crippen molar-refractivity contribution in [3.05, 3.63) is 74.7 Å². The number of aryl methyl sites for hydroxylation is 1. The molecule has 0 N–H and O–H groups in total. The van der Waals surface area contributed by atoms with Crippen molar-refractivity contribution in [2.75, 3.05) is 21.0 Å². The maximum absolute atomic E-state index is 13.3. The van der Waals surface area contributed by atoms with Gasteiger partial charge in [-0.3, -0.25) is 9.69 Å². The minimum absolute atomic E-state index is 0.131. The van der Waals surface area contributed by atoms with Crippen LogP contribution in [0.1, 0.15) is 31.9 Å². The van der Waals surface area contributed by atoms with E-state index in [1.54, 1.807) is 37.7 Å². The Kier molecular flexibility index (Phi) is 5.36. The van der Waals surface area contributed by atoms with E-state index < -0.39 is 0 Å². The van der Waals surface area contributed by atoms with Crippen molar-refractivity contribution in [2.45, 2.75) is 20.0 Å². The van der Waals surface area contributed by atoms with E-state index in [2.05, 4.69) is 16.3 Å². The molecule has 3 heterocycles. The Balaban J connectivity index is 1.49. The molecular weight excluding hydrogens is 426 g/mol. The molecule has 1 aromatic heterocycles. The number of allylic oxidation sites excluding steroid dienone is 1. The van der Waals surface area contributed by atoms with Crippen molar-refractivity contribution < 1.29 is 23.7 Å². The summed E-state index contributed by atoms with van der Waals surface area (Å²) in [4.78, 5) is 16.7. The van der Waals surface area contributed by atoms with Gasteiger partial charge in [0.1, 0.15) is 29.7 Å². The third-order valence-corrected chi connectivity index (χ3v) is 6.54. The highest BCUT2D eigenvalue weighted by atomic mass is 32.1. The fourth-order valence-electron chi connectivity index (χ4n) is 4.08. The van der Waals surface area contributed by atoms with Gasteiger partial charge in [0, 0.05) is 29.6 Å². The van der Waals surface area contributed by atoms with Gasteiger partial charge in [-0.2, -0.15) is 0 Å². The summed E-state index contributed by atoms with van der Waals surface area (Å²) >= 11 is 1.72. The van der Waals surface area contributed by atoms with Crippen LogP contribution in [0.25, 0.3) is 6.08 Å². The summed E-state index contributed by atoms with van der Waals surface area (Å²) in [6.45, 7) is 3.86.